The fourth-order valence-corrected chi connectivity index (χ4v) is 5.39. The average Bonchev–Trinajstić information content (AvgIpc) is 3.42. The molecule has 3 nitrogen and oxygen atoms in total. The van der Waals surface area contributed by atoms with Crippen molar-refractivity contribution in [2.75, 3.05) is 18.0 Å². The highest BCUT2D eigenvalue weighted by Crippen LogP contribution is 2.51. The zero-order chi connectivity index (χ0) is 18.9. The Morgan fingerprint density at radius 1 is 1.07 bits per heavy atom. The largest absolute Gasteiger partial charge is 0.316 e. The van der Waals surface area contributed by atoms with E-state index in [1.165, 1.54) is 57.6 Å². The molecule has 0 radical (unpaired) electrons. The van der Waals surface area contributed by atoms with Gasteiger partial charge in [-0.2, -0.15) is 0 Å². The van der Waals surface area contributed by atoms with Crippen LogP contribution in [-0.4, -0.2) is 23.8 Å². The fraction of sp³-hybridized carbons (Fsp3) is 0.375. The summed E-state index contributed by atoms with van der Waals surface area (Å²) in [6.45, 7) is 4.29. The third-order valence-electron chi connectivity index (χ3n) is 5.76. The van der Waals surface area contributed by atoms with E-state index >= 15 is 0 Å². The molecule has 144 valence electrons. The Hall–Kier alpha value is -2.20. The summed E-state index contributed by atoms with van der Waals surface area (Å²) in [5.41, 5.74) is 4.06. The van der Waals surface area contributed by atoms with Gasteiger partial charge in [-0.15, -0.1) is 0 Å². The Balaban J connectivity index is 1.60. The molecule has 2 aromatic carbocycles. The summed E-state index contributed by atoms with van der Waals surface area (Å²) in [6.07, 6.45) is 9.40. The number of fused-ring (bicyclic) bond motifs is 2. The van der Waals surface area contributed by atoms with Gasteiger partial charge in [0.05, 0.1) is 11.4 Å². The Kier molecular flexibility index (Phi) is 4.89. The number of amidine groups is 1. The second-order valence-electron chi connectivity index (χ2n) is 7.71. The molecule has 28 heavy (non-hydrogen) atoms. The van der Waals surface area contributed by atoms with Crippen LogP contribution in [0.25, 0.3) is 0 Å². The van der Waals surface area contributed by atoms with Crippen LogP contribution in [0.3, 0.4) is 0 Å². The number of aryl methyl sites for hydroxylation is 1. The number of anilines is 2. The number of unbranched alkanes of at least 4 members (excludes halogenated alkanes) is 1. The van der Waals surface area contributed by atoms with Crippen molar-refractivity contribution in [1.29, 1.82) is 0 Å². The molecular weight excluding hydrogens is 362 g/mol. The van der Waals surface area contributed by atoms with Crippen molar-refractivity contribution in [3.8, 4) is 0 Å². The van der Waals surface area contributed by atoms with Crippen LogP contribution >= 0.6 is 11.8 Å². The predicted molar refractivity (Wildman–Crippen MR) is 119 cm³/mol. The Labute approximate surface area is 172 Å². The third kappa shape index (κ3) is 3.14. The van der Waals surface area contributed by atoms with Crippen molar-refractivity contribution in [3.05, 3.63) is 59.9 Å². The lowest BCUT2D eigenvalue weighted by molar-refractivity contribution is 0.541. The van der Waals surface area contributed by atoms with Crippen molar-refractivity contribution in [2.24, 2.45) is 4.99 Å². The number of benzene rings is 2. The van der Waals surface area contributed by atoms with Crippen molar-refractivity contribution < 1.29 is 0 Å². The van der Waals surface area contributed by atoms with Gasteiger partial charge in [-0.05, 0) is 61.6 Å². The highest BCUT2D eigenvalue weighted by atomic mass is 32.2. The van der Waals surface area contributed by atoms with Crippen LogP contribution in [-0.2, 0) is 6.42 Å². The molecule has 0 unspecified atom stereocenters. The minimum Gasteiger partial charge on any atom is -0.316 e. The predicted octanol–water partition coefficient (Wildman–Crippen LogP) is 6.37. The Morgan fingerprint density at radius 2 is 1.96 bits per heavy atom. The molecule has 5 rings (SSSR count). The van der Waals surface area contributed by atoms with E-state index in [0.29, 0.717) is 0 Å². The molecule has 0 amide bonds. The van der Waals surface area contributed by atoms with Gasteiger partial charge in [0.2, 0.25) is 0 Å². The van der Waals surface area contributed by atoms with E-state index in [1.54, 1.807) is 0 Å². The van der Waals surface area contributed by atoms with Gasteiger partial charge in [0.15, 0.2) is 0 Å². The molecule has 0 atom stereocenters. The van der Waals surface area contributed by atoms with Gasteiger partial charge in [-0.25, -0.2) is 0 Å². The SMILES string of the molecule is CCCCc1ccc2c(c1)N(C1=CCCN1C1=NCCC1)c1ccccc1S2. The molecular formula is C24H27N3S. The molecule has 0 N–H and O–H groups in total. The van der Waals surface area contributed by atoms with Crippen molar-refractivity contribution in [1.82, 2.24) is 4.90 Å². The lowest BCUT2D eigenvalue weighted by Crippen LogP contribution is -2.35. The van der Waals surface area contributed by atoms with Gasteiger partial charge in [-0.1, -0.05) is 43.3 Å². The van der Waals surface area contributed by atoms with Gasteiger partial charge >= 0.3 is 0 Å². The molecule has 2 aromatic rings. The van der Waals surface area contributed by atoms with Gasteiger partial charge in [0.1, 0.15) is 11.7 Å². The first kappa shape index (κ1) is 17.9. The minimum absolute atomic E-state index is 0.976. The van der Waals surface area contributed by atoms with Crippen LogP contribution in [0.4, 0.5) is 11.4 Å². The van der Waals surface area contributed by atoms with Crippen molar-refractivity contribution >= 4 is 29.0 Å². The average molecular weight is 390 g/mol. The van der Waals surface area contributed by atoms with Crippen LogP contribution in [0, 0.1) is 0 Å². The second-order valence-corrected chi connectivity index (χ2v) is 8.80. The molecule has 4 heteroatoms. The van der Waals surface area contributed by atoms with Gasteiger partial charge in [0, 0.05) is 29.3 Å². The van der Waals surface area contributed by atoms with Crippen LogP contribution in [0.2, 0.25) is 0 Å². The van der Waals surface area contributed by atoms with Crippen LogP contribution in [0.15, 0.2) is 69.1 Å². The molecule has 3 aliphatic rings. The quantitative estimate of drug-likeness (QED) is 0.605. The fourth-order valence-electron chi connectivity index (χ4n) is 4.35. The van der Waals surface area contributed by atoms with E-state index in [4.69, 9.17) is 4.99 Å². The van der Waals surface area contributed by atoms with Gasteiger partial charge < -0.3 is 4.90 Å². The molecule has 0 spiro atoms. The van der Waals surface area contributed by atoms with E-state index in [0.717, 1.165) is 32.4 Å². The monoisotopic (exact) mass is 389 g/mol. The van der Waals surface area contributed by atoms with Gasteiger partial charge in [-0.3, -0.25) is 9.89 Å². The maximum atomic E-state index is 4.80. The normalized spacial score (nSPS) is 18.0. The lowest BCUT2D eigenvalue weighted by atomic mass is 10.1. The number of aliphatic imine (C=N–C) groups is 1. The maximum absolute atomic E-state index is 4.80. The molecule has 0 saturated heterocycles. The summed E-state index contributed by atoms with van der Waals surface area (Å²) in [5, 5.41) is 0. The van der Waals surface area contributed by atoms with Crippen LogP contribution in [0.1, 0.15) is 44.6 Å². The third-order valence-corrected chi connectivity index (χ3v) is 6.89. The van der Waals surface area contributed by atoms with Crippen LogP contribution in [0.5, 0.6) is 0 Å². The zero-order valence-electron chi connectivity index (χ0n) is 16.5. The molecule has 0 fully saturated rings. The maximum Gasteiger partial charge on any atom is 0.115 e. The van der Waals surface area contributed by atoms with E-state index < -0.39 is 0 Å². The van der Waals surface area contributed by atoms with Crippen molar-refractivity contribution in [2.45, 2.75) is 55.2 Å². The molecule has 3 aliphatic heterocycles. The molecule has 0 aromatic heterocycles. The smallest absolute Gasteiger partial charge is 0.115 e. The number of hydrogen-bond donors (Lipinski definition) is 0. The first-order chi connectivity index (χ1) is 13.8. The first-order valence-electron chi connectivity index (χ1n) is 10.6. The van der Waals surface area contributed by atoms with Gasteiger partial charge in [0.25, 0.3) is 0 Å². The highest BCUT2D eigenvalue weighted by molar-refractivity contribution is 7.99. The van der Waals surface area contributed by atoms with Crippen LogP contribution < -0.4 is 4.90 Å². The summed E-state index contributed by atoms with van der Waals surface area (Å²) in [4.78, 5) is 12.4. The number of rotatable bonds is 4. The van der Waals surface area contributed by atoms with E-state index in [1.807, 2.05) is 11.8 Å². The van der Waals surface area contributed by atoms with E-state index in [2.05, 4.69) is 65.3 Å². The zero-order valence-corrected chi connectivity index (χ0v) is 17.3. The minimum atomic E-state index is 0.976. The van der Waals surface area contributed by atoms with Crippen molar-refractivity contribution in [3.63, 3.8) is 0 Å². The summed E-state index contributed by atoms with van der Waals surface area (Å²) in [6, 6.07) is 15.9. The molecule has 0 saturated carbocycles. The molecule has 3 heterocycles. The van der Waals surface area contributed by atoms with E-state index in [9.17, 15) is 0 Å². The highest BCUT2D eigenvalue weighted by Gasteiger charge is 2.32. The summed E-state index contributed by atoms with van der Waals surface area (Å²) in [7, 11) is 0. The summed E-state index contributed by atoms with van der Waals surface area (Å²) >= 11 is 1.89. The standard InChI is InChI=1S/C24H27N3S/c1-2-3-8-18-13-14-22-20(17-18)27(19-9-4-5-10-21(19)28-22)24-12-7-16-26(24)23-11-6-15-25-23/h4-5,9-10,12-14,17H,2-3,6-8,11,15-16H2,1H3. The molecule has 0 aliphatic carbocycles. The lowest BCUT2D eigenvalue weighted by Gasteiger charge is -2.37. The van der Waals surface area contributed by atoms with E-state index in [-0.39, 0.29) is 0 Å². The first-order valence-corrected chi connectivity index (χ1v) is 11.4. The number of para-hydroxylation sites is 1. The Bertz CT molecular complexity index is 947. The summed E-state index contributed by atoms with van der Waals surface area (Å²) < 4.78 is 0. The second kappa shape index (κ2) is 7.67. The summed E-state index contributed by atoms with van der Waals surface area (Å²) in [5.74, 6) is 2.56. The Morgan fingerprint density at radius 3 is 2.82 bits per heavy atom. The number of nitrogens with zero attached hydrogens (tertiary/aromatic N) is 3. The topological polar surface area (TPSA) is 18.8 Å². The number of hydrogen-bond acceptors (Lipinski definition) is 4. The molecule has 0 bridgehead atoms.